The van der Waals surface area contributed by atoms with Gasteiger partial charge in [0.1, 0.15) is 0 Å². The van der Waals surface area contributed by atoms with Gasteiger partial charge >= 0.3 is 0 Å². The highest BCUT2D eigenvalue weighted by Gasteiger charge is 2.02. The molecule has 1 aromatic rings. The molecule has 0 saturated carbocycles. The summed E-state index contributed by atoms with van der Waals surface area (Å²) in [6.45, 7) is 2.08. The second-order valence-corrected chi connectivity index (χ2v) is 3.25. The van der Waals surface area contributed by atoms with E-state index in [0.29, 0.717) is 0 Å². The van der Waals surface area contributed by atoms with Gasteiger partial charge in [0.25, 0.3) is 0 Å². The summed E-state index contributed by atoms with van der Waals surface area (Å²) in [5.41, 5.74) is 2.22. The lowest BCUT2D eigenvalue weighted by molar-refractivity contribution is 1.15. The van der Waals surface area contributed by atoms with Crippen molar-refractivity contribution in [2.75, 3.05) is 13.3 Å². The van der Waals surface area contributed by atoms with Crippen molar-refractivity contribution in [2.45, 2.75) is 11.8 Å². The first-order valence-corrected chi connectivity index (χ1v) is 4.94. The Hall–Kier alpha value is -0.830. The molecule has 0 atom stereocenters. The van der Waals surface area contributed by atoms with E-state index in [1.807, 2.05) is 12.3 Å². The summed E-state index contributed by atoms with van der Waals surface area (Å²) in [6.07, 6.45) is 5.65. The number of aryl methyl sites for hydroxylation is 1. The molecule has 0 aliphatic carbocycles. The van der Waals surface area contributed by atoms with Crippen LogP contribution in [0.2, 0.25) is 0 Å². The standard InChI is InChI=1S/C9H12N2S/c1-7-4-5-11-8(6-10-2)9(7)12-3/h4-6H,1-3H3. The van der Waals surface area contributed by atoms with Gasteiger partial charge < -0.3 is 0 Å². The van der Waals surface area contributed by atoms with Crippen molar-refractivity contribution in [3.05, 3.63) is 23.5 Å². The molecule has 1 aromatic heterocycles. The molecule has 0 bridgehead atoms. The Balaban J connectivity index is 3.18. The summed E-state index contributed by atoms with van der Waals surface area (Å²) >= 11 is 1.71. The van der Waals surface area contributed by atoms with Crippen molar-refractivity contribution in [1.82, 2.24) is 4.98 Å². The first-order valence-electron chi connectivity index (χ1n) is 3.71. The van der Waals surface area contributed by atoms with Crippen molar-refractivity contribution >= 4 is 18.0 Å². The summed E-state index contributed by atoms with van der Waals surface area (Å²) in [5, 5.41) is 0. The summed E-state index contributed by atoms with van der Waals surface area (Å²) in [5.74, 6) is 0. The first kappa shape index (κ1) is 9.26. The number of hydrogen-bond donors (Lipinski definition) is 0. The molecule has 0 aromatic carbocycles. The molecule has 0 saturated heterocycles. The van der Waals surface area contributed by atoms with Crippen LogP contribution in [0.5, 0.6) is 0 Å². The molecule has 2 nitrogen and oxygen atoms in total. The van der Waals surface area contributed by atoms with Crippen LogP contribution < -0.4 is 0 Å². The fourth-order valence-corrected chi connectivity index (χ4v) is 1.75. The van der Waals surface area contributed by atoms with E-state index in [0.717, 1.165) is 5.69 Å². The van der Waals surface area contributed by atoms with Gasteiger partial charge in [-0.1, -0.05) is 0 Å². The van der Waals surface area contributed by atoms with E-state index in [1.54, 1.807) is 25.0 Å². The topological polar surface area (TPSA) is 25.2 Å². The zero-order chi connectivity index (χ0) is 8.97. The summed E-state index contributed by atoms with van der Waals surface area (Å²) in [7, 11) is 1.76. The van der Waals surface area contributed by atoms with Gasteiger partial charge in [0, 0.05) is 24.4 Å². The molecular weight excluding hydrogens is 168 g/mol. The highest BCUT2D eigenvalue weighted by molar-refractivity contribution is 7.98. The number of pyridine rings is 1. The number of nitrogens with zero attached hydrogens (tertiary/aromatic N) is 2. The smallest absolute Gasteiger partial charge is 0.0945 e. The summed E-state index contributed by atoms with van der Waals surface area (Å²) in [6, 6.07) is 2.01. The van der Waals surface area contributed by atoms with Crippen LogP contribution in [0.4, 0.5) is 0 Å². The zero-order valence-corrected chi connectivity index (χ0v) is 8.35. The van der Waals surface area contributed by atoms with Crippen LogP contribution in [0.15, 0.2) is 22.2 Å². The molecule has 0 aliphatic rings. The number of aliphatic imine (C=N–C) groups is 1. The van der Waals surface area contributed by atoms with Crippen molar-refractivity contribution < 1.29 is 0 Å². The minimum absolute atomic E-state index is 0.963. The molecule has 1 rings (SSSR count). The Morgan fingerprint density at radius 3 is 2.92 bits per heavy atom. The monoisotopic (exact) mass is 180 g/mol. The second-order valence-electron chi connectivity index (χ2n) is 2.43. The summed E-state index contributed by atoms with van der Waals surface area (Å²) < 4.78 is 0. The maximum Gasteiger partial charge on any atom is 0.0945 e. The first-order chi connectivity index (χ1) is 5.79. The Labute approximate surface area is 77.1 Å². The molecule has 0 aliphatic heterocycles. The minimum atomic E-state index is 0.963. The quantitative estimate of drug-likeness (QED) is 0.514. The third-order valence-corrected chi connectivity index (χ3v) is 2.52. The van der Waals surface area contributed by atoms with Gasteiger partial charge in [-0.05, 0) is 24.8 Å². The van der Waals surface area contributed by atoms with E-state index in [2.05, 4.69) is 23.2 Å². The second kappa shape index (κ2) is 4.26. The molecule has 12 heavy (non-hydrogen) atoms. The Morgan fingerprint density at radius 1 is 1.58 bits per heavy atom. The lowest BCUT2D eigenvalue weighted by atomic mass is 10.2. The van der Waals surface area contributed by atoms with E-state index in [9.17, 15) is 0 Å². The highest BCUT2D eigenvalue weighted by Crippen LogP contribution is 2.21. The van der Waals surface area contributed by atoms with E-state index in [-0.39, 0.29) is 0 Å². The van der Waals surface area contributed by atoms with E-state index in [1.165, 1.54) is 10.5 Å². The van der Waals surface area contributed by atoms with Gasteiger partial charge in [0.2, 0.25) is 0 Å². The fraction of sp³-hybridized carbons (Fsp3) is 0.333. The van der Waals surface area contributed by atoms with Crippen molar-refractivity contribution in [2.24, 2.45) is 4.99 Å². The van der Waals surface area contributed by atoms with Gasteiger partial charge in [0.05, 0.1) is 5.69 Å². The zero-order valence-electron chi connectivity index (χ0n) is 7.53. The number of hydrogen-bond acceptors (Lipinski definition) is 3. The Bertz CT molecular complexity index is 295. The maximum absolute atomic E-state index is 4.23. The molecule has 3 heteroatoms. The molecule has 0 radical (unpaired) electrons. The van der Waals surface area contributed by atoms with Gasteiger partial charge in [-0.15, -0.1) is 11.8 Å². The lowest BCUT2D eigenvalue weighted by Crippen LogP contribution is -1.92. The number of aromatic nitrogens is 1. The van der Waals surface area contributed by atoms with Crippen LogP contribution in [0.1, 0.15) is 11.3 Å². The van der Waals surface area contributed by atoms with Crippen LogP contribution in [0, 0.1) is 6.92 Å². The van der Waals surface area contributed by atoms with Crippen molar-refractivity contribution in [3.8, 4) is 0 Å². The van der Waals surface area contributed by atoms with E-state index < -0.39 is 0 Å². The van der Waals surface area contributed by atoms with Gasteiger partial charge in [0.15, 0.2) is 0 Å². The molecule has 1 heterocycles. The molecule has 0 unspecified atom stereocenters. The van der Waals surface area contributed by atoms with Crippen LogP contribution in [0.25, 0.3) is 0 Å². The van der Waals surface area contributed by atoms with E-state index in [4.69, 9.17) is 0 Å². The molecular formula is C9H12N2S. The molecule has 0 N–H and O–H groups in total. The molecule has 64 valence electrons. The minimum Gasteiger partial charge on any atom is -0.294 e. The third kappa shape index (κ3) is 1.85. The average molecular weight is 180 g/mol. The average Bonchev–Trinajstić information content (AvgIpc) is 2.05. The largest absolute Gasteiger partial charge is 0.294 e. The highest BCUT2D eigenvalue weighted by atomic mass is 32.2. The van der Waals surface area contributed by atoms with Crippen LogP contribution in [0.3, 0.4) is 0 Å². The van der Waals surface area contributed by atoms with Crippen molar-refractivity contribution in [1.29, 1.82) is 0 Å². The van der Waals surface area contributed by atoms with Gasteiger partial charge in [-0.2, -0.15) is 0 Å². The molecule has 0 fully saturated rings. The van der Waals surface area contributed by atoms with Crippen molar-refractivity contribution in [3.63, 3.8) is 0 Å². The maximum atomic E-state index is 4.23. The number of rotatable bonds is 2. The lowest BCUT2D eigenvalue weighted by Gasteiger charge is -2.03. The molecule has 0 spiro atoms. The predicted octanol–water partition coefficient (Wildman–Crippen LogP) is 2.16. The van der Waals surface area contributed by atoms with Gasteiger partial charge in [-0.25, -0.2) is 0 Å². The van der Waals surface area contributed by atoms with Crippen LogP contribution in [-0.2, 0) is 0 Å². The number of thioether (sulfide) groups is 1. The summed E-state index contributed by atoms with van der Waals surface area (Å²) in [4.78, 5) is 9.40. The van der Waals surface area contributed by atoms with E-state index >= 15 is 0 Å². The molecule has 0 amide bonds. The SMILES string of the molecule is CN=Cc1nccc(C)c1SC. The van der Waals surface area contributed by atoms with Crippen LogP contribution >= 0.6 is 11.8 Å². The fourth-order valence-electron chi connectivity index (χ4n) is 1.05. The Morgan fingerprint density at radius 2 is 2.33 bits per heavy atom. The Kier molecular flexibility index (Phi) is 3.29. The van der Waals surface area contributed by atoms with Crippen LogP contribution in [-0.4, -0.2) is 24.5 Å². The van der Waals surface area contributed by atoms with Gasteiger partial charge in [-0.3, -0.25) is 9.98 Å². The normalized spacial score (nSPS) is 10.9. The predicted molar refractivity (Wildman–Crippen MR) is 54.3 cm³/mol. The third-order valence-electron chi connectivity index (χ3n) is 1.58.